The molecule has 0 fully saturated rings. The monoisotopic (exact) mass is 300 g/mol. The van der Waals surface area contributed by atoms with Crippen LogP contribution in [0.25, 0.3) is 22.2 Å². The SMILES string of the molecule is O=C(O)CCSc1nnc(-c2cccc3ccccc23)o1. The zero-order chi connectivity index (χ0) is 14.7. The summed E-state index contributed by atoms with van der Waals surface area (Å²) in [7, 11) is 0. The minimum atomic E-state index is -0.837. The van der Waals surface area contributed by atoms with Gasteiger partial charge in [0.25, 0.3) is 5.22 Å². The number of hydrogen-bond acceptors (Lipinski definition) is 5. The molecule has 0 spiro atoms. The van der Waals surface area contributed by atoms with Crippen LogP contribution in [0.3, 0.4) is 0 Å². The van der Waals surface area contributed by atoms with E-state index in [9.17, 15) is 4.79 Å². The van der Waals surface area contributed by atoms with Crippen LogP contribution in [0.4, 0.5) is 0 Å². The van der Waals surface area contributed by atoms with Crippen LogP contribution < -0.4 is 0 Å². The van der Waals surface area contributed by atoms with Crippen LogP contribution >= 0.6 is 11.8 Å². The summed E-state index contributed by atoms with van der Waals surface area (Å²) in [6.07, 6.45) is 0.0661. The molecule has 5 nitrogen and oxygen atoms in total. The standard InChI is InChI=1S/C15H12N2O3S/c18-13(19)8-9-21-15-17-16-14(20-15)12-7-3-5-10-4-1-2-6-11(10)12/h1-7H,8-9H2,(H,18,19). The third-order valence-electron chi connectivity index (χ3n) is 2.97. The van der Waals surface area contributed by atoms with Gasteiger partial charge in [0.05, 0.1) is 6.42 Å². The van der Waals surface area contributed by atoms with Crippen molar-refractivity contribution in [2.24, 2.45) is 0 Å². The normalized spacial score (nSPS) is 10.9. The molecule has 0 amide bonds. The second-order valence-corrected chi connectivity index (χ2v) is 5.44. The quantitative estimate of drug-likeness (QED) is 0.727. The fraction of sp³-hybridized carbons (Fsp3) is 0.133. The maximum atomic E-state index is 10.5. The molecular weight excluding hydrogens is 288 g/mol. The van der Waals surface area contributed by atoms with Gasteiger partial charge in [-0.1, -0.05) is 48.2 Å². The highest BCUT2D eigenvalue weighted by atomic mass is 32.2. The average Bonchev–Trinajstić information content (AvgIpc) is 2.95. The summed E-state index contributed by atoms with van der Waals surface area (Å²) in [5.41, 5.74) is 0.880. The molecule has 0 radical (unpaired) electrons. The van der Waals surface area contributed by atoms with Gasteiger partial charge in [-0.15, -0.1) is 10.2 Å². The Morgan fingerprint density at radius 1 is 1.14 bits per heavy atom. The third kappa shape index (κ3) is 3.05. The highest BCUT2D eigenvalue weighted by molar-refractivity contribution is 7.99. The van der Waals surface area contributed by atoms with Crippen molar-refractivity contribution in [1.29, 1.82) is 0 Å². The van der Waals surface area contributed by atoms with E-state index in [1.165, 1.54) is 11.8 Å². The molecule has 0 unspecified atom stereocenters. The predicted molar refractivity (Wildman–Crippen MR) is 80.2 cm³/mol. The van der Waals surface area contributed by atoms with Crippen LogP contribution in [0.2, 0.25) is 0 Å². The van der Waals surface area contributed by atoms with Gasteiger partial charge in [-0.25, -0.2) is 0 Å². The van der Waals surface area contributed by atoms with Gasteiger partial charge >= 0.3 is 5.97 Å². The van der Waals surface area contributed by atoms with Crippen LogP contribution in [0.5, 0.6) is 0 Å². The number of thioether (sulfide) groups is 1. The Balaban J connectivity index is 1.86. The Bertz CT molecular complexity index is 780. The Hall–Kier alpha value is -2.34. The third-order valence-corrected chi connectivity index (χ3v) is 3.79. The Morgan fingerprint density at radius 3 is 2.81 bits per heavy atom. The van der Waals surface area contributed by atoms with Crippen molar-refractivity contribution in [2.75, 3.05) is 5.75 Å². The van der Waals surface area contributed by atoms with Crippen molar-refractivity contribution >= 4 is 28.5 Å². The Labute approximate surface area is 125 Å². The van der Waals surface area contributed by atoms with Crippen molar-refractivity contribution in [3.05, 3.63) is 42.5 Å². The van der Waals surface area contributed by atoms with Crippen molar-refractivity contribution in [3.8, 4) is 11.5 Å². The number of nitrogens with zero attached hydrogens (tertiary/aromatic N) is 2. The summed E-state index contributed by atoms with van der Waals surface area (Å²) in [4.78, 5) is 10.5. The van der Waals surface area contributed by atoms with Crippen LogP contribution in [0.1, 0.15) is 6.42 Å². The molecule has 0 atom stereocenters. The predicted octanol–water partition coefficient (Wildman–Crippen LogP) is 3.46. The van der Waals surface area contributed by atoms with Crippen LogP contribution in [-0.4, -0.2) is 27.0 Å². The van der Waals surface area contributed by atoms with Crippen LogP contribution in [-0.2, 0) is 4.79 Å². The molecule has 0 aliphatic carbocycles. The molecule has 2 aromatic carbocycles. The molecule has 1 heterocycles. The highest BCUT2D eigenvalue weighted by Gasteiger charge is 2.12. The lowest BCUT2D eigenvalue weighted by Gasteiger charge is -2.01. The Morgan fingerprint density at radius 2 is 1.95 bits per heavy atom. The van der Waals surface area contributed by atoms with Crippen LogP contribution in [0.15, 0.2) is 52.1 Å². The van der Waals surface area contributed by atoms with E-state index in [0.717, 1.165) is 16.3 Å². The first kappa shape index (κ1) is 13.6. The zero-order valence-electron chi connectivity index (χ0n) is 11.0. The molecule has 0 bridgehead atoms. The molecule has 1 N–H and O–H groups in total. The Kier molecular flexibility index (Phi) is 3.87. The van der Waals surface area contributed by atoms with E-state index in [4.69, 9.17) is 9.52 Å². The van der Waals surface area contributed by atoms with Crippen molar-refractivity contribution in [1.82, 2.24) is 10.2 Å². The maximum Gasteiger partial charge on any atom is 0.304 e. The van der Waals surface area contributed by atoms with Gasteiger partial charge in [-0.2, -0.15) is 0 Å². The van der Waals surface area contributed by atoms with Gasteiger partial charge in [0.1, 0.15) is 0 Å². The molecular formula is C15H12N2O3S. The smallest absolute Gasteiger partial charge is 0.304 e. The van der Waals surface area contributed by atoms with E-state index >= 15 is 0 Å². The molecule has 1 aromatic heterocycles. The molecule has 0 saturated heterocycles. The summed E-state index contributed by atoms with van der Waals surface area (Å²) in [6.45, 7) is 0. The van der Waals surface area contributed by atoms with Crippen molar-refractivity contribution in [2.45, 2.75) is 11.6 Å². The molecule has 3 rings (SSSR count). The van der Waals surface area contributed by atoms with E-state index < -0.39 is 5.97 Å². The molecule has 0 aliphatic rings. The molecule has 3 aromatic rings. The number of carboxylic acid groups (broad SMARTS) is 1. The first-order chi connectivity index (χ1) is 10.2. The fourth-order valence-electron chi connectivity index (χ4n) is 2.01. The van der Waals surface area contributed by atoms with Gasteiger partial charge in [-0.05, 0) is 16.8 Å². The van der Waals surface area contributed by atoms with Gasteiger partial charge in [0, 0.05) is 11.3 Å². The minimum absolute atomic E-state index is 0.0661. The topological polar surface area (TPSA) is 76.2 Å². The number of benzene rings is 2. The summed E-state index contributed by atoms with van der Waals surface area (Å²) in [6, 6.07) is 13.9. The zero-order valence-corrected chi connectivity index (χ0v) is 11.8. The summed E-state index contributed by atoms with van der Waals surface area (Å²) >= 11 is 1.25. The van der Waals surface area contributed by atoms with E-state index in [2.05, 4.69) is 10.2 Å². The highest BCUT2D eigenvalue weighted by Crippen LogP contribution is 2.29. The number of carboxylic acids is 1. The number of carbonyl (C=O) groups is 1. The minimum Gasteiger partial charge on any atom is -0.481 e. The lowest BCUT2D eigenvalue weighted by molar-refractivity contribution is -0.136. The summed E-state index contributed by atoms with van der Waals surface area (Å²) in [5.74, 6) is 0.0212. The number of aliphatic carboxylic acids is 1. The van der Waals surface area contributed by atoms with Crippen molar-refractivity contribution in [3.63, 3.8) is 0 Å². The van der Waals surface area contributed by atoms with Gasteiger partial charge < -0.3 is 9.52 Å². The first-order valence-electron chi connectivity index (χ1n) is 6.40. The lowest BCUT2D eigenvalue weighted by Crippen LogP contribution is -1.95. The average molecular weight is 300 g/mol. The summed E-state index contributed by atoms with van der Waals surface area (Å²) in [5, 5.41) is 19.2. The first-order valence-corrected chi connectivity index (χ1v) is 7.39. The number of aromatic nitrogens is 2. The molecule has 6 heteroatoms. The second kappa shape index (κ2) is 5.97. The number of hydrogen-bond donors (Lipinski definition) is 1. The fourth-order valence-corrected chi connectivity index (χ4v) is 2.70. The largest absolute Gasteiger partial charge is 0.481 e. The molecule has 0 saturated carbocycles. The number of rotatable bonds is 5. The van der Waals surface area contributed by atoms with E-state index in [-0.39, 0.29) is 6.42 Å². The lowest BCUT2D eigenvalue weighted by atomic mass is 10.0. The van der Waals surface area contributed by atoms with Gasteiger partial charge in [-0.3, -0.25) is 4.79 Å². The number of fused-ring (bicyclic) bond motifs is 1. The van der Waals surface area contributed by atoms with Crippen molar-refractivity contribution < 1.29 is 14.3 Å². The second-order valence-electron chi connectivity index (χ2n) is 4.39. The van der Waals surface area contributed by atoms with E-state index in [0.29, 0.717) is 16.9 Å². The van der Waals surface area contributed by atoms with E-state index in [1.54, 1.807) is 0 Å². The summed E-state index contributed by atoms with van der Waals surface area (Å²) < 4.78 is 5.61. The van der Waals surface area contributed by atoms with Gasteiger partial charge in [0.15, 0.2) is 0 Å². The van der Waals surface area contributed by atoms with Crippen LogP contribution in [0, 0.1) is 0 Å². The van der Waals surface area contributed by atoms with E-state index in [1.807, 2.05) is 42.5 Å². The van der Waals surface area contributed by atoms with Gasteiger partial charge in [0.2, 0.25) is 5.89 Å². The maximum absolute atomic E-state index is 10.5. The molecule has 21 heavy (non-hydrogen) atoms. The molecule has 0 aliphatic heterocycles. The molecule has 106 valence electrons.